The Bertz CT molecular complexity index is 829. The summed E-state index contributed by atoms with van der Waals surface area (Å²) in [5.41, 5.74) is 3.17. The molecule has 39 heavy (non-hydrogen) atoms. The van der Waals surface area contributed by atoms with Gasteiger partial charge in [-0.3, -0.25) is 9.78 Å². The zero-order valence-corrected chi connectivity index (χ0v) is 26.7. The normalized spacial score (nSPS) is 14.3. The molecule has 0 N–H and O–H groups in total. The molecule has 2 rings (SSSR count). The third-order valence-electron chi connectivity index (χ3n) is 7.57. The summed E-state index contributed by atoms with van der Waals surface area (Å²) in [7, 11) is 4.41. The average molecular weight is 569 g/mol. The number of unbranched alkanes of at least 4 members (excludes halogenated alkanes) is 12. The first kappa shape index (κ1) is 35.7. The van der Waals surface area contributed by atoms with Gasteiger partial charge in [-0.25, -0.2) is 0 Å². The van der Waals surface area contributed by atoms with Gasteiger partial charge in [0.15, 0.2) is 0 Å². The number of aryl methyl sites for hydroxylation is 1. The molecule has 226 valence electrons. The van der Waals surface area contributed by atoms with E-state index in [1.807, 2.05) is 27.0 Å². The lowest BCUT2D eigenvalue weighted by Crippen LogP contribution is -3.00. The molecule has 1 aromatic rings. The predicted molar refractivity (Wildman–Crippen MR) is 155 cm³/mol. The summed E-state index contributed by atoms with van der Waals surface area (Å²) >= 11 is 0. The molecule has 0 radical (unpaired) electrons. The number of nitrogens with zero attached hydrogens (tertiary/aromatic N) is 2. The summed E-state index contributed by atoms with van der Waals surface area (Å²) in [6.45, 7) is 10.9. The van der Waals surface area contributed by atoms with Crippen LogP contribution in [0.5, 0.6) is 5.75 Å². The number of ether oxygens (including phenoxy) is 3. The zero-order chi connectivity index (χ0) is 27.9. The number of carbonyl (C=O) groups excluding carboxylic acids is 1. The number of halogens is 1. The summed E-state index contributed by atoms with van der Waals surface area (Å²) in [6, 6.07) is 0. The van der Waals surface area contributed by atoms with Gasteiger partial charge in [-0.2, -0.15) is 0 Å². The number of esters is 1. The van der Waals surface area contributed by atoms with E-state index in [0.717, 1.165) is 59.4 Å². The first-order chi connectivity index (χ1) is 18.1. The standard InChI is InChI=1S/C32H57N2O4.ClH/c1-7-8-9-10-11-12-13-14-15-16-17-18-19-21-30(35)36-23-20-22-34(5,6)25-28-24-33-27(2)31-29(28)26-37-32(3,4)38-31;/h24H,7-23,25-26H2,1-6H3;1H/q+1;/p-1. The van der Waals surface area contributed by atoms with E-state index in [-0.39, 0.29) is 18.4 Å². The van der Waals surface area contributed by atoms with Crippen LogP contribution in [0.2, 0.25) is 0 Å². The van der Waals surface area contributed by atoms with Gasteiger partial charge in [-0.05, 0) is 13.3 Å². The van der Waals surface area contributed by atoms with E-state index in [1.54, 1.807) is 0 Å². The van der Waals surface area contributed by atoms with Crippen molar-refractivity contribution < 1.29 is 35.9 Å². The van der Waals surface area contributed by atoms with E-state index in [1.165, 1.54) is 70.6 Å². The van der Waals surface area contributed by atoms with Crippen LogP contribution in [0.1, 0.15) is 134 Å². The molecule has 0 atom stereocenters. The molecule has 0 fully saturated rings. The quantitative estimate of drug-likeness (QED) is 0.125. The van der Waals surface area contributed by atoms with Crippen molar-refractivity contribution in [3.63, 3.8) is 0 Å². The van der Waals surface area contributed by atoms with Gasteiger partial charge in [0, 0.05) is 44.0 Å². The number of hydrogen-bond acceptors (Lipinski definition) is 5. The number of fused-ring (bicyclic) bond motifs is 1. The van der Waals surface area contributed by atoms with Crippen LogP contribution in [0, 0.1) is 6.92 Å². The molecular formula is C32H57ClN2O4. The molecule has 0 aromatic carbocycles. The Morgan fingerprint density at radius 2 is 1.51 bits per heavy atom. The number of pyridine rings is 1. The topological polar surface area (TPSA) is 57.7 Å². The van der Waals surface area contributed by atoms with Crippen molar-refractivity contribution in [3.8, 4) is 5.75 Å². The molecule has 1 aliphatic heterocycles. The number of carbonyl (C=O) groups is 1. The lowest BCUT2D eigenvalue weighted by atomic mass is 10.0. The lowest BCUT2D eigenvalue weighted by Gasteiger charge is -2.36. The Balaban J connectivity index is 0.00000760. The van der Waals surface area contributed by atoms with E-state index in [4.69, 9.17) is 14.2 Å². The minimum atomic E-state index is -0.626. The molecule has 1 aliphatic rings. The summed E-state index contributed by atoms with van der Waals surface area (Å²) in [6.07, 6.45) is 20.4. The third kappa shape index (κ3) is 14.7. The SMILES string of the molecule is CCCCCCCCCCCCCCCC(=O)OCCC[N+](C)(C)Cc1cnc(C)c2c1COC(C)(C)O2.[Cl-]. The fourth-order valence-corrected chi connectivity index (χ4v) is 5.20. The summed E-state index contributed by atoms with van der Waals surface area (Å²) < 4.78 is 18.3. The maximum atomic E-state index is 12.1. The molecular weight excluding hydrogens is 512 g/mol. The highest BCUT2D eigenvalue weighted by atomic mass is 35.5. The Morgan fingerprint density at radius 1 is 0.949 bits per heavy atom. The Labute approximate surface area is 245 Å². The number of quaternary nitrogens is 1. The smallest absolute Gasteiger partial charge is 0.305 e. The summed E-state index contributed by atoms with van der Waals surface area (Å²) in [5.74, 6) is 0.187. The van der Waals surface area contributed by atoms with E-state index < -0.39 is 5.79 Å². The van der Waals surface area contributed by atoms with Gasteiger partial charge in [0.2, 0.25) is 5.79 Å². The summed E-state index contributed by atoms with van der Waals surface area (Å²) in [5, 5.41) is 0. The fourth-order valence-electron chi connectivity index (χ4n) is 5.20. The second kappa shape index (κ2) is 18.9. The van der Waals surface area contributed by atoms with Crippen molar-refractivity contribution in [2.24, 2.45) is 0 Å². The Hall–Kier alpha value is -1.37. The minimum Gasteiger partial charge on any atom is -1.00 e. The van der Waals surface area contributed by atoms with Gasteiger partial charge in [0.05, 0.1) is 39.5 Å². The maximum absolute atomic E-state index is 12.1. The molecule has 1 aromatic heterocycles. The third-order valence-corrected chi connectivity index (χ3v) is 7.57. The van der Waals surface area contributed by atoms with Gasteiger partial charge in [0.1, 0.15) is 12.3 Å². The van der Waals surface area contributed by atoms with Crippen molar-refractivity contribution in [2.45, 2.75) is 143 Å². The minimum absolute atomic E-state index is 0. The van der Waals surface area contributed by atoms with Crippen molar-refractivity contribution in [3.05, 3.63) is 23.0 Å². The molecule has 0 unspecified atom stereocenters. The van der Waals surface area contributed by atoms with Crippen LogP contribution in [0.25, 0.3) is 0 Å². The van der Waals surface area contributed by atoms with Crippen molar-refractivity contribution in [1.29, 1.82) is 0 Å². The highest BCUT2D eigenvalue weighted by Crippen LogP contribution is 2.35. The van der Waals surface area contributed by atoms with Gasteiger partial charge < -0.3 is 31.1 Å². The van der Waals surface area contributed by atoms with Gasteiger partial charge in [-0.1, -0.05) is 84.0 Å². The molecule has 2 heterocycles. The largest absolute Gasteiger partial charge is 1.00 e. The van der Waals surface area contributed by atoms with Crippen molar-refractivity contribution in [2.75, 3.05) is 27.2 Å². The molecule has 7 heteroatoms. The first-order valence-corrected chi connectivity index (χ1v) is 15.4. The van der Waals surface area contributed by atoms with E-state index in [2.05, 4.69) is 26.0 Å². The summed E-state index contributed by atoms with van der Waals surface area (Å²) in [4.78, 5) is 16.7. The molecule has 0 amide bonds. The monoisotopic (exact) mass is 568 g/mol. The van der Waals surface area contributed by atoms with Gasteiger partial charge in [0.25, 0.3) is 0 Å². The number of aromatic nitrogens is 1. The van der Waals surface area contributed by atoms with Crippen LogP contribution in [-0.2, 0) is 27.4 Å². The second-order valence-electron chi connectivity index (χ2n) is 12.4. The van der Waals surface area contributed by atoms with E-state index in [9.17, 15) is 4.79 Å². The van der Waals surface area contributed by atoms with Crippen LogP contribution < -0.4 is 17.1 Å². The van der Waals surface area contributed by atoms with Crippen LogP contribution in [0.4, 0.5) is 0 Å². The molecule has 0 bridgehead atoms. The zero-order valence-electron chi connectivity index (χ0n) is 25.9. The van der Waals surface area contributed by atoms with Crippen molar-refractivity contribution >= 4 is 5.97 Å². The second-order valence-corrected chi connectivity index (χ2v) is 12.4. The van der Waals surface area contributed by atoms with Gasteiger partial charge >= 0.3 is 5.97 Å². The highest BCUT2D eigenvalue weighted by Gasteiger charge is 2.32. The maximum Gasteiger partial charge on any atom is 0.305 e. The van der Waals surface area contributed by atoms with E-state index in [0.29, 0.717) is 19.6 Å². The fraction of sp³-hybridized carbons (Fsp3) is 0.812. The number of hydrogen-bond donors (Lipinski definition) is 0. The molecule has 0 spiro atoms. The van der Waals surface area contributed by atoms with Crippen LogP contribution in [0.15, 0.2) is 6.20 Å². The Kier molecular flexibility index (Phi) is 17.3. The average Bonchev–Trinajstić information content (AvgIpc) is 2.86. The first-order valence-electron chi connectivity index (χ1n) is 15.4. The van der Waals surface area contributed by atoms with Crippen LogP contribution in [0.3, 0.4) is 0 Å². The Morgan fingerprint density at radius 3 is 2.10 bits per heavy atom. The van der Waals surface area contributed by atoms with E-state index >= 15 is 0 Å². The highest BCUT2D eigenvalue weighted by molar-refractivity contribution is 5.69. The molecule has 0 saturated carbocycles. The lowest BCUT2D eigenvalue weighted by molar-refractivity contribution is -0.903. The van der Waals surface area contributed by atoms with Gasteiger partial charge in [-0.15, -0.1) is 0 Å². The molecule has 0 aliphatic carbocycles. The molecule has 6 nitrogen and oxygen atoms in total. The van der Waals surface area contributed by atoms with Crippen molar-refractivity contribution in [1.82, 2.24) is 4.98 Å². The predicted octanol–water partition coefficient (Wildman–Crippen LogP) is 5.03. The molecule has 0 saturated heterocycles. The van der Waals surface area contributed by atoms with Crippen LogP contribution in [-0.4, -0.2) is 48.5 Å². The van der Waals surface area contributed by atoms with Crippen LogP contribution >= 0.6 is 0 Å². The number of rotatable bonds is 20.